The van der Waals surface area contributed by atoms with Crippen LogP contribution in [0.1, 0.15) is 27.7 Å². The second kappa shape index (κ2) is 10.8. The van der Waals surface area contributed by atoms with Gasteiger partial charge in [-0.05, 0) is 0 Å². The Morgan fingerprint density at radius 3 is 1.56 bits per heavy atom. The van der Waals surface area contributed by atoms with E-state index in [0.29, 0.717) is 0 Å². The molecule has 0 bridgehead atoms. The number of hydrogen-bond acceptors (Lipinski definition) is 3. The third-order valence-electron chi connectivity index (χ3n) is 0.905. The van der Waals surface area contributed by atoms with Crippen molar-refractivity contribution in [2.24, 2.45) is 0 Å². The van der Waals surface area contributed by atoms with Gasteiger partial charge in [-0.15, -0.1) is 5.59 Å². The number of nitrogens with one attached hydrogen (secondary N) is 1. The van der Waals surface area contributed by atoms with Crippen LogP contribution in [-0.4, -0.2) is 23.3 Å². The molecule has 3 nitrogen and oxygen atoms in total. The lowest BCUT2D eigenvalue weighted by atomic mass is 10.6. The summed E-state index contributed by atoms with van der Waals surface area (Å²) in [6.45, 7) is 9.58. The average Bonchev–Trinajstić information content (AvgIpc) is 1.96. The van der Waals surface area contributed by atoms with Crippen LogP contribution in [0.25, 0.3) is 0 Å². The lowest BCUT2D eigenvalue weighted by Gasteiger charge is -2.12. The number of hydrazine groups is 1. The third kappa shape index (κ3) is 7.88. The molecular formula is C6H18N2O. The van der Waals surface area contributed by atoms with Crippen LogP contribution in [0.5, 0.6) is 0 Å². The molecule has 9 heavy (non-hydrogen) atoms. The molecule has 0 rings (SSSR count). The summed E-state index contributed by atoms with van der Waals surface area (Å²) in [7, 11) is 0. The number of nitrogens with zero attached hydrogens (tertiary/aromatic N) is 1. The summed E-state index contributed by atoms with van der Waals surface area (Å²) in [6.07, 6.45) is 0. The first-order valence-electron chi connectivity index (χ1n) is 3.49. The van der Waals surface area contributed by atoms with E-state index in [0.717, 1.165) is 13.1 Å². The molecule has 0 aliphatic rings. The lowest BCUT2D eigenvalue weighted by Crippen LogP contribution is -2.34. The number of rotatable bonds is 3. The van der Waals surface area contributed by atoms with Crippen molar-refractivity contribution in [3.05, 3.63) is 0 Å². The maximum Gasteiger partial charge on any atom is 0.0124 e. The van der Waals surface area contributed by atoms with E-state index in [1.165, 1.54) is 0 Å². The first kappa shape index (κ1) is 11.6. The van der Waals surface area contributed by atoms with Crippen molar-refractivity contribution in [2.75, 3.05) is 13.1 Å². The Kier molecular flexibility index (Phi) is 14.0. The standard InChI is InChI=1S/C4H12N2O.C2H6/c1-3-6(4-2)5-7;1-2/h5,7H,3-4H2,1-2H3;1-2H3. The fourth-order valence-corrected chi connectivity index (χ4v) is 0.365. The van der Waals surface area contributed by atoms with E-state index in [9.17, 15) is 0 Å². The summed E-state index contributed by atoms with van der Waals surface area (Å²) in [4.78, 5) is 0. The maximum atomic E-state index is 8.20. The third-order valence-corrected chi connectivity index (χ3v) is 0.905. The Morgan fingerprint density at radius 1 is 1.22 bits per heavy atom. The van der Waals surface area contributed by atoms with Gasteiger partial charge in [-0.1, -0.05) is 27.7 Å². The molecule has 0 aromatic heterocycles. The molecular weight excluding hydrogens is 116 g/mol. The zero-order valence-corrected chi connectivity index (χ0v) is 6.81. The highest BCUT2D eigenvalue weighted by Gasteiger charge is 1.89. The summed E-state index contributed by atoms with van der Waals surface area (Å²) in [5.74, 6) is 0. The molecule has 0 amide bonds. The zero-order chi connectivity index (χ0) is 7.70. The minimum Gasteiger partial charge on any atom is -0.302 e. The predicted octanol–water partition coefficient (Wildman–Crippen LogP) is 1.25. The summed E-state index contributed by atoms with van der Waals surface area (Å²) in [5, 5.41) is 9.88. The van der Waals surface area contributed by atoms with Crippen molar-refractivity contribution in [3.63, 3.8) is 0 Å². The van der Waals surface area contributed by atoms with Gasteiger partial charge < -0.3 is 5.21 Å². The molecule has 0 spiro atoms. The Balaban J connectivity index is 0. The van der Waals surface area contributed by atoms with E-state index in [1.54, 1.807) is 5.01 Å². The molecule has 0 aromatic rings. The Morgan fingerprint density at radius 2 is 1.56 bits per heavy atom. The lowest BCUT2D eigenvalue weighted by molar-refractivity contribution is -0.0126. The van der Waals surface area contributed by atoms with Gasteiger partial charge in [0.05, 0.1) is 0 Å². The molecule has 0 aliphatic carbocycles. The van der Waals surface area contributed by atoms with Crippen LogP contribution in [-0.2, 0) is 0 Å². The van der Waals surface area contributed by atoms with Gasteiger partial charge in [0.25, 0.3) is 0 Å². The molecule has 0 saturated carbocycles. The van der Waals surface area contributed by atoms with Crippen LogP contribution >= 0.6 is 0 Å². The van der Waals surface area contributed by atoms with Crippen LogP contribution < -0.4 is 5.59 Å². The molecule has 0 saturated heterocycles. The fourth-order valence-electron chi connectivity index (χ4n) is 0.365. The second-order valence-corrected chi connectivity index (χ2v) is 1.27. The van der Waals surface area contributed by atoms with Crippen molar-refractivity contribution >= 4 is 0 Å². The first-order chi connectivity index (χ1) is 4.35. The Hall–Kier alpha value is -0.120. The first-order valence-corrected chi connectivity index (χ1v) is 3.49. The Bertz CT molecular complexity index is 32.5. The van der Waals surface area contributed by atoms with Crippen LogP contribution in [0.4, 0.5) is 0 Å². The van der Waals surface area contributed by atoms with Gasteiger partial charge in [0.15, 0.2) is 0 Å². The normalized spacial score (nSPS) is 8.67. The van der Waals surface area contributed by atoms with Crippen LogP contribution in [0.3, 0.4) is 0 Å². The highest BCUT2D eigenvalue weighted by molar-refractivity contribution is 4.33. The van der Waals surface area contributed by atoms with Crippen molar-refractivity contribution in [1.82, 2.24) is 10.6 Å². The maximum absolute atomic E-state index is 8.20. The van der Waals surface area contributed by atoms with Gasteiger partial charge in [-0.25, -0.2) is 5.01 Å². The molecule has 0 atom stereocenters. The molecule has 0 aromatic carbocycles. The molecule has 3 heteroatoms. The molecule has 58 valence electrons. The Labute approximate surface area is 57.6 Å². The van der Waals surface area contributed by atoms with Crippen LogP contribution in [0.15, 0.2) is 0 Å². The topological polar surface area (TPSA) is 35.5 Å². The molecule has 0 fully saturated rings. The molecule has 0 heterocycles. The van der Waals surface area contributed by atoms with Gasteiger partial charge in [0.2, 0.25) is 0 Å². The van der Waals surface area contributed by atoms with Gasteiger partial charge in [0, 0.05) is 13.1 Å². The van der Waals surface area contributed by atoms with Crippen LogP contribution in [0.2, 0.25) is 0 Å². The van der Waals surface area contributed by atoms with Crippen molar-refractivity contribution < 1.29 is 5.21 Å². The minimum atomic E-state index is 0.826. The monoisotopic (exact) mass is 134 g/mol. The predicted molar refractivity (Wildman–Crippen MR) is 39.2 cm³/mol. The van der Waals surface area contributed by atoms with E-state index in [1.807, 2.05) is 33.3 Å². The fraction of sp³-hybridized carbons (Fsp3) is 1.00. The summed E-state index contributed by atoms with van der Waals surface area (Å²) in [6, 6.07) is 0. The average molecular weight is 134 g/mol. The van der Waals surface area contributed by atoms with E-state index in [2.05, 4.69) is 0 Å². The van der Waals surface area contributed by atoms with Gasteiger partial charge in [-0.2, -0.15) is 0 Å². The van der Waals surface area contributed by atoms with Crippen LogP contribution in [0, 0.1) is 0 Å². The van der Waals surface area contributed by atoms with Gasteiger partial charge >= 0.3 is 0 Å². The quantitative estimate of drug-likeness (QED) is 0.570. The molecule has 2 N–H and O–H groups in total. The van der Waals surface area contributed by atoms with E-state index in [4.69, 9.17) is 5.21 Å². The van der Waals surface area contributed by atoms with E-state index < -0.39 is 0 Å². The van der Waals surface area contributed by atoms with Gasteiger partial charge in [-0.3, -0.25) is 0 Å². The van der Waals surface area contributed by atoms with E-state index >= 15 is 0 Å². The van der Waals surface area contributed by atoms with Crippen molar-refractivity contribution in [1.29, 1.82) is 0 Å². The molecule has 0 unspecified atom stereocenters. The smallest absolute Gasteiger partial charge is 0.0124 e. The summed E-state index contributed by atoms with van der Waals surface area (Å²) >= 11 is 0. The van der Waals surface area contributed by atoms with Crippen molar-refractivity contribution in [2.45, 2.75) is 27.7 Å². The zero-order valence-electron chi connectivity index (χ0n) is 6.81. The van der Waals surface area contributed by atoms with Gasteiger partial charge in [0.1, 0.15) is 0 Å². The highest BCUT2D eigenvalue weighted by atomic mass is 16.5. The summed E-state index contributed by atoms with van der Waals surface area (Å²) < 4.78 is 0. The second-order valence-electron chi connectivity index (χ2n) is 1.27. The molecule has 0 aliphatic heterocycles. The number of hydrogen-bond donors (Lipinski definition) is 2. The molecule has 0 radical (unpaired) electrons. The summed E-state index contributed by atoms with van der Waals surface area (Å²) in [5.41, 5.74) is 2.03. The minimum absolute atomic E-state index is 0.826. The highest BCUT2D eigenvalue weighted by Crippen LogP contribution is 1.73. The largest absolute Gasteiger partial charge is 0.302 e. The SMILES string of the molecule is CC.CCN(CC)NO. The van der Waals surface area contributed by atoms with E-state index in [-0.39, 0.29) is 0 Å². The van der Waals surface area contributed by atoms with Crippen molar-refractivity contribution in [3.8, 4) is 0 Å².